The number of pyridine rings is 1. The highest BCUT2D eigenvalue weighted by atomic mass is 16.1. The Hall–Kier alpha value is -2.50. The van der Waals surface area contributed by atoms with Gasteiger partial charge in [0.15, 0.2) is 0 Å². The maximum atomic E-state index is 12.1. The van der Waals surface area contributed by atoms with Crippen molar-refractivity contribution < 1.29 is 4.79 Å². The fourth-order valence-electron chi connectivity index (χ4n) is 1.51. The summed E-state index contributed by atoms with van der Waals surface area (Å²) in [4.78, 5) is 24.2. The van der Waals surface area contributed by atoms with E-state index in [2.05, 4.69) is 25.6 Å². The molecule has 0 saturated carbocycles. The Balaban J connectivity index is 2.14. The van der Waals surface area contributed by atoms with Gasteiger partial charge in [-0.3, -0.25) is 10.1 Å². The van der Waals surface area contributed by atoms with Crippen LogP contribution in [-0.4, -0.2) is 27.4 Å². The van der Waals surface area contributed by atoms with E-state index < -0.39 is 0 Å². The third-order valence-corrected chi connectivity index (χ3v) is 2.39. The van der Waals surface area contributed by atoms with E-state index in [-0.39, 0.29) is 11.9 Å². The van der Waals surface area contributed by atoms with E-state index in [0.717, 1.165) is 13.0 Å². The molecule has 0 aromatic carbocycles. The number of carbonyl (C=O) groups is 1. The van der Waals surface area contributed by atoms with E-state index in [9.17, 15) is 4.79 Å². The Labute approximate surface area is 111 Å². The lowest BCUT2D eigenvalue weighted by Crippen LogP contribution is -2.17. The lowest BCUT2D eigenvalue weighted by Gasteiger charge is -2.09. The van der Waals surface area contributed by atoms with Gasteiger partial charge in [-0.1, -0.05) is 6.92 Å². The van der Waals surface area contributed by atoms with Crippen LogP contribution in [0, 0.1) is 0 Å². The number of aromatic nitrogens is 3. The molecule has 1 amide bonds. The first-order valence-corrected chi connectivity index (χ1v) is 6.08. The van der Waals surface area contributed by atoms with Gasteiger partial charge < -0.3 is 5.32 Å². The highest BCUT2D eigenvalue weighted by Crippen LogP contribution is 2.12. The van der Waals surface area contributed by atoms with E-state index in [1.165, 1.54) is 0 Å². The van der Waals surface area contributed by atoms with Crippen molar-refractivity contribution in [1.29, 1.82) is 0 Å². The molecule has 2 aromatic heterocycles. The van der Waals surface area contributed by atoms with Gasteiger partial charge in [0.1, 0.15) is 5.82 Å². The van der Waals surface area contributed by atoms with Gasteiger partial charge in [-0.25, -0.2) is 15.0 Å². The van der Waals surface area contributed by atoms with Crippen molar-refractivity contribution in [2.75, 3.05) is 17.2 Å². The Morgan fingerprint density at radius 1 is 1.16 bits per heavy atom. The summed E-state index contributed by atoms with van der Waals surface area (Å²) < 4.78 is 0. The van der Waals surface area contributed by atoms with Gasteiger partial charge >= 0.3 is 0 Å². The summed E-state index contributed by atoms with van der Waals surface area (Å²) in [5, 5.41) is 5.75. The molecule has 0 unspecified atom stereocenters. The number of carbonyl (C=O) groups excluding carboxylic acids is 1. The van der Waals surface area contributed by atoms with Crippen LogP contribution >= 0.6 is 0 Å². The monoisotopic (exact) mass is 257 g/mol. The average molecular weight is 257 g/mol. The van der Waals surface area contributed by atoms with E-state index in [1.807, 2.05) is 6.92 Å². The first-order chi connectivity index (χ1) is 9.31. The third-order valence-electron chi connectivity index (χ3n) is 2.39. The van der Waals surface area contributed by atoms with Crippen molar-refractivity contribution in [3.8, 4) is 0 Å². The maximum absolute atomic E-state index is 12.1. The zero-order valence-electron chi connectivity index (χ0n) is 10.6. The molecule has 6 nitrogen and oxygen atoms in total. The molecule has 19 heavy (non-hydrogen) atoms. The standard InChI is InChI=1S/C13H15N5O/c1-2-6-14-11-10(5-3-7-15-11)12(19)18-13-16-8-4-9-17-13/h3-5,7-9H,2,6H2,1H3,(H,14,15)(H,16,17,18,19). The number of nitrogens with one attached hydrogen (secondary N) is 2. The lowest BCUT2D eigenvalue weighted by atomic mass is 10.2. The van der Waals surface area contributed by atoms with Crippen molar-refractivity contribution in [2.45, 2.75) is 13.3 Å². The molecule has 0 spiro atoms. The fraction of sp³-hybridized carbons (Fsp3) is 0.231. The number of anilines is 2. The van der Waals surface area contributed by atoms with Crippen molar-refractivity contribution in [2.24, 2.45) is 0 Å². The molecule has 0 aliphatic rings. The molecule has 0 atom stereocenters. The second-order valence-corrected chi connectivity index (χ2v) is 3.85. The van der Waals surface area contributed by atoms with Crippen LogP contribution < -0.4 is 10.6 Å². The molecule has 6 heteroatoms. The summed E-state index contributed by atoms with van der Waals surface area (Å²) in [6.45, 7) is 2.81. The van der Waals surface area contributed by atoms with Crippen molar-refractivity contribution in [1.82, 2.24) is 15.0 Å². The average Bonchev–Trinajstić information content (AvgIpc) is 2.46. The minimum absolute atomic E-state index is 0.276. The summed E-state index contributed by atoms with van der Waals surface area (Å²) in [5.74, 6) is 0.563. The largest absolute Gasteiger partial charge is 0.369 e. The summed E-state index contributed by atoms with van der Waals surface area (Å²) in [5.41, 5.74) is 0.475. The molecular weight excluding hydrogens is 242 g/mol. The Morgan fingerprint density at radius 2 is 1.89 bits per heavy atom. The van der Waals surface area contributed by atoms with Crippen LogP contribution in [0.3, 0.4) is 0 Å². The zero-order valence-corrected chi connectivity index (χ0v) is 10.6. The number of hydrogen-bond donors (Lipinski definition) is 2. The predicted octanol–water partition coefficient (Wildman–Crippen LogP) is 1.95. The van der Waals surface area contributed by atoms with Crippen LogP contribution in [0.2, 0.25) is 0 Å². The Kier molecular flexibility index (Phi) is 4.39. The number of amides is 1. The first-order valence-electron chi connectivity index (χ1n) is 6.08. The van der Waals surface area contributed by atoms with E-state index in [1.54, 1.807) is 36.8 Å². The Morgan fingerprint density at radius 3 is 2.63 bits per heavy atom. The van der Waals surface area contributed by atoms with Gasteiger partial charge in [0.2, 0.25) is 5.95 Å². The van der Waals surface area contributed by atoms with Crippen LogP contribution in [0.25, 0.3) is 0 Å². The second-order valence-electron chi connectivity index (χ2n) is 3.85. The maximum Gasteiger partial charge on any atom is 0.261 e. The minimum atomic E-state index is -0.280. The van der Waals surface area contributed by atoms with Crippen molar-refractivity contribution in [3.05, 3.63) is 42.4 Å². The molecule has 0 fully saturated rings. The quantitative estimate of drug-likeness (QED) is 0.855. The van der Waals surface area contributed by atoms with E-state index >= 15 is 0 Å². The molecule has 0 aliphatic carbocycles. The number of hydrogen-bond acceptors (Lipinski definition) is 5. The van der Waals surface area contributed by atoms with Crippen LogP contribution in [0.1, 0.15) is 23.7 Å². The molecule has 2 heterocycles. The highest BCUT2D eigenvalue weighted by molar-refractivity contribution is 6.06. The molecule has 0 radical (unpaired) electrons. The number of nitrogens with zero attached hydrogens (tertiary/aromatic N) is 3. The van der Waals surface area contributed by atoms with Gasteiger partial charge in [0.05, 0.1) is 5.56 Å². The minimum Gasteiger partial charge on any atom is -0.369 e. The molecule has 2 rings (SSSR count). The van der Waals surface area contributed by atoms with Crippen LogP contribution in [0.15, 0.2) is 36.8 Å². The fourth-order valence-corrected chi connectivity index (χ4v) is 1.51. The van der Waals surface area contributed by atoms with Crippen molar-refractivity contribution >= 4 is 17.7 Å². The Bertz CT molecular complexity index is 544. The van der Waals surface area contributed by atoms with Gasteiger partial charge in [-0.2, -0.15) is 0 Å². The predicted molar refractivity (Wildman–Crippen MR) is 73.0 cm³/mol. The third kappa shape index (κ3) is 3.48. The molecule has 98 valence electrons. The lowest BCUT2D eigenvalue weighted by molar-refractivity contribution is 0.102. The van der Waals surface area contributed by atoms with E-state index in [4.69, 9.17) is 0 Å². The SMILES string of the molecule is CCCNc1ncccc1C(=O)Nc1ncccn1. The van der Waals surface area contributed by atoms with Crippen LogP contribution in [0.5, 0.6) is 0 Å². The molecule has 0 bridgehead atoms. The number of rotatable bonds is 5. The van der Waals surface area contributed by atoms with Crippen molar-refractivity contribution in [3.63, 3.8) is 0 Å². The summed E-state index contributed by atoms with van der Waals surface area (Å²) >= 11 is 0. The van der Waals surface area contributed by atoms with Gasteiger partial charge in [0, 0.05) is 25.1 Å². The van der Waals surface area contributed by atoms with Gasteiger partial charge in [-0.05, 0) is 24.6 Å². The summed E-state index contributed by atoms with van der Waals surface area (Å²) in [6.07, 6.45) is 5.75. The van der Waals surface area contributed by atoms with Crippen LogP contribution in [0.4, 0.5) is 11.8 Å². The topological polar surface area (TPSA) is 79.8 Å². The summed E-state index contributed by atoms with van der Waals surface area (Å²) in [6, 6.07) is 5.12. The summed E-state index contributed by atoms with van der Waals surface area (Å²) in [7, 11) is 0. The normalized spacial score (nSPS) is 9.95. The molecular formula is C13H15N5O. The molecule has 2 N–H and O–H groups in total. The second kappa shape index (κ2) is 6.44. The first kappa shape index (κ1) is 12.9. The van der Waals surface area contributed by atoms with Gasteiger partial charge in [0.25, 0.3) is 5.91 Å². The highest BCUT2D eigenvalue weighted by Gasteiger charge is 2.12. The molecule has 0 saturated heterocycles. The van der Waals surface area contributed by atoms with Crippen LogP contribution in [-0.2, 0) is 0 Å². The molecule has 2 aromatic rings. The van der Waals surface area contributed by atoms with E-state index in [0.29, 0.717) is 11.4 Å². The smallest absolute Gasteiger partial charge is 0.261 e. The molecule has 0 aliphatic heterocycles. The van der Waals surface area contributed by atoms with Gasteiger partial charge in [-0.15, -0.1) is 0 Å². The zero-order chi connectivity index (χ0) is 13.5.